The molecule has 1 aromatic rings. The molecule has 1 nitrogen and oxygen atoms in total. The Balaban J connectivity index is 3.21. The van der Waals surface area contributed by atoms with Crippen molar-refractivity contribution in [1.82, 2.24) is 0 Å². The fourth-order valence-corrected chi connectivity index (χ4v) is 3.89. The highest BCUT2D eigenvalue weighted by molar-refractivity contribution is 8.22. The molecule has 0 N–H and O–H groups in total. The number of carbonyl (C=O) groups is 1. The van der Waals surface area contributed by atoms with Crippen molar-refractivity contribution in [1.29, 1.82) is 0 Å². The van der Waals surface area contributed by atoms with Gasteiger partial charge in [-0.05, 0) is 24.0 Å². The summed E-state index contributed by atoms with van der Waals surface area (Å²) in [5.41, 5.74) is 1.89. The largest absolute Gasteiger partial charge is 0.294 e. The topological polar surface area (TPSA) is 17.1 Å². The molecule has 0 spiro atoms. The van der Waals surface area contributed by atoms with Gasteiger partial charge in [0.2, 0.25) is 0 Å². The summed E-state index contributed by atoms with van der Waals surface area (Å²) in [7, 11) is 0. The summed E-state index contributed by atoms with van der Waals surface area (Å²) < 4.78 is 1.15. The van der Waals surface area contributed by atoms with Gasteiger partial charge in [-0.15, -0.1) is 23.5 Å². The van der Waals surface area contributed by atoms with Crippen LogP contribution in [0.3, 0.4) is 0 Å². The number of Topliss-reactive ketones (excluding diaryl/α,β-unsaturated/α-hetero) is 1. The molecule has 1 rings (SSSR count). The Morgan fingerprint density at radius 1 is 1.06 bits per heavy atom. The summed E-state index contributed by atoms with van der Waals surface area (Å²) in [6.45, 7) is 5.88. The minimum atomic E-state index is 0.146. The molecule has 0 heterocycles. The summed E-state index contributed by atoms with van der Waals surface area (Å²) in [4.78, 5) is 11.9. The van der Waals surface area contributed by atoms with Crippen LogP contribution < -0.4 is 0 Å². The van der Waals surface area contributed by atoms with Crippen molar-refractivity contribution in [3.8, 4) is 0 Å². The summed E-state index contributed by atoms with van der Waals surface area (Å²) in [6, 6.07) is 9.93. The molecule has 0 saturated carbocycles. The maximum atomic E-state index is 11.9. The molecule has 17 heavy (non-hydrogen) atoms. The minimum absolute atomic E-state index is 0.146. The van der Waals surface area contributed by atoms with Crippen molar-refractivity contribution in [2.75, 3.05) is 11.5 Å². The Morgan fingerprint density at radius 2 is 1.59 bits per heavy atom. The lowest BCUT2D eigenvalue weighted by molar-refractivity contribution is -0.111. The van der Waals surface area contributed by atoms with Gasteiger partial charge in [-0.1, -0.05) is 44.2 Å². The standard InChI is InChI=1S/C14H18OS2/c1-4-16-14(17-5-2)13(11(3)15)12-9-7-6-8-10-12/h6-10H,4-5H2,1-3H3. The van der Waals surface area contributed by atoms with E-state index < -0.39 is 0 Å². The Morgan fingerprint density at radius 3 is 2.00 bits per heavy atom. The molecule has 3 heteroatoms. The third-order valence-corrected chi connectivity index (χ3v) is 4.39. The molecule has 0 aliphatic heterocycles. The third kappa shape index (κ3) is 4.25. The average Bonchev–Trinajstić information content (AvgIpc) is 2.31. The third-order valence-electron chi connectivity index (χ3n) is 2.17. The van der Waals surface area contributed by atoms with Crippen LogP contribution in [-0.2, 0) is 4.79 Å². The molecule has 92 valence electrons. The molecular formula is C14H18OS2. The number of allylic oxidation sites excluding steroid dienone is 1. The van der Waals surface area contributed by atoms with Crippen molar-refractivity contribution in [2.24, 2.45) is 0 Å². The van der Waals surface area contributed by atoms with Gasteiger partial charge < -0.3 is 0 Å². The molecule has 0 fully saturated rings. The maximum absolute atomic E-state index is 11.9. The number of hydrogen-bond acceptors (Lipinski definition) is 3. The molecular weight excluding hydrogens is 248 g/mol. The number of benzene rings is 1. The lowest BCUT2D eigenvalue weighted by Crippen LogP contribution is -1.98. The van der Waals surface area contributed by atoms with E-state index >= 15 is 0 Å². The van der Waals surface area contributed by atoms with E-state index in [0.29, 0.717) is 0 Å². The van der Waals surface area contributed by atoms with Gasteiger partial charge in [-0.3, -0.25) is 4.79 Å². The molecule has 0 radical (unpaired) electrons. The first-order valence-electron chi connectivity index (χ1n) is 5.76. The van der Waals surface area contributed by atoms with Gasteiger partial charge in [-0.25, -0.2) is 0 Å². The van der Waals surface area contributed by atoms with Gasteiger partial charge in [0.15, 0.2) is 5.78 Å². The molecule has 0 saturated heterocycles. The Kier molecular flexibility index (Phi) is 6.45. The average molecular weight is 266 g/mol. The highest BCUT2D eigenvalue weighted by Gasteiger charge is 2.13. The van der Waals surface area contributed by atoms with E-state index in [-0.39, 0.29) is 5.78 Å². The van der Waals surface area contributed by atoms with Crippen LogP contribution in [-0.4, -0.2) is 17.3 Å². The van der Waals surface area contributed by atoms with Gasteiger partial charge in [0.1, 0.15) is 0 Å². The van der Waals surface area contributed by atoms with Gasteiger partial charge in [0.05, 0.1) is 4.24 Å². The number of thioether (sulfide) groups is 2. The highest BCUT2D eigenvalue weighted by Crippen LogP contribution is 2.36. The number of rotatable bonds is 6. The molecule has 0 atom stereocenters. The van der Waals surface area contributed by atoms with Crippen LogP contribution in [0.25, 0.3) is 5.57 Å². The van der Waals surface area contributed by atoms with Gasteiger partial charge in [0, 0.05) is 5.57 Å². The van der Waals surface area contributed by atoms with Gasteiger partial charge in [-0.2, -0.15) is 0 Å². The van der Waals surface area contributed by atoms with E-state index in [0.717, 1.165) is 26.9 Å². The molecule has 0 bridgehead atoms. The predicted molar refractivity (Wildman–Crippen MR) is 80.3 cm³/mol. The number of hydrogen-bond donors (Lipinski definition) is 0. The lowest BCUT2D eigenvalue weighted by Gasteiger charge is -2.11. The van der Waals surface area contributed by atoms with E-state index in [2.05, 4.69) is 13.8 Å². The van der Waals surface area contributed by atoms with Crippen molar-refractivity contribution in [3.63, 3.8) is 0 Å². The summed E-state index contributed by atoms with van der Waals surface area (Å²) >= 11 is 3.51. The van der Waals surface area contributed by atoms with E-state index in [4.69, 9.17) is 0 Å². The highest BCUT2D eigenvalue weighted by atomic mass is 32.2. The zero-order valence-electron chi connectivity index (χ0n) is 10.5. The Labute approximate surface area is 112 Å². The van der Waals surface area contributed by atoms with Crippen LogP contribution in [0.5, 0.6) is 0 Å². The number of carbonyl (C=O) groups excluding carboxylic acids is 1. The fourth-order valence-electron chi connectivity index (χ4n) is 1.52. The molecule has 1 aromatic carbocycles. The van der Waals surface area contributed by atoms with Crippen LogP contribution in [0.15, 0.2) is 34.6 Å². The van der Waals surface area contributed by atoms with E-state index in [9.17, 15) is 4.79 Å². The first-order valence-corrected chi connectivity index (χ1v) is 7.74. The summed E-state index contributed by atoms with van der Waals surface area (Å²) in [5.74, 6) is 2.13. The first-order chi connectivity index (χ1) is 8.20. The monoisotopic (exact) mass is 266 g/mol. The van der Waals surface area contributed by atoms with Gasteiger partial charge >= 0.3 is 0 Å². The minimum Gasteiger partial charge on any atom is -0.294 e. The summed E-state index contributed by atoms with van der Waals surface area (Å²) in [6.07, 6.45) is 0. The molecule has 0 aromatic heterocycles. The second-order valence-electron chi connectivity index (χ2n) is 3.45. The SMILES string of the molecule is CCSC(SCC)=C(C(C)=O)c1ccccc1. The Hall–Kier alpha value is -0.670. The van der Waals surface area contributed by atoms with Crippen molar-refractivity contribution < 1.29 is 4.79 Å². The maximum Gasteiger partial charge on any atom is 0.162 e. The predicted octanol–water partition coefficient (Wildman–Crippen LogP) is 4.45. The fraction of sp³-hybridized carbons (Fsp3) is 0.357. The molecule has 0 aliphatic rings. The van der Waals surface area contributed by atoms with Crippen LogP contribution in [0.2, 0.25) is 0 Å². The second-order valence-corrected chi connectivity index (χ2v) is 6.26. The number of ketones is 1. The quantitative estimate of drug-likeness (QED) is 0.708. The van der Waals surface area contributed by atoms with Crippen molar-refractivity contribution >= 4 is 34.9 Å². The zero-order valence-corrected chi connectivity index (χ0v) is 12.2. The van der Waals surface area contributed by atoms with Crippen LogP contribution in [0, 0.1) is 0 Å². The molecule has 0 aliphatic carbocycles. The van der Waals surface area contributed by atoms with Crippen LogP contribution >= 0.6 is 23.5 Å². The lowest BCUT2D eigenvalue weighted by atomic mass is 10.1. The summed E-state index contributed by atoms with van der Waals surface area (Å²) in [5, 5.41) is 0. The zero-order chi connectivity index (χ0) is 12.7. The normalized spacial score (nSPS) is 10.1. The molecule has 0 unspecified atom stereocenters. The molecule has 0 amide bonds. The van der Waals surface area contributed by atoms with E-state index in [1.807, 2.05) is 30.3 Å². The Bertz CT molecular complexity index is 388. The van der Waals surface area contributed by atoms with E-state index in [1.165, 1.54) is 0 Å². The van der Waals surface area contributed by atoms with E-state index in [1.54, 1.807) is 30.4 Å². The van der Waals surface area contributed by atoms with Crippen molar-refractivity contribution in [2.45, 2.75) is 20.8 Å². The second kappa shape index (κ2) is 7.62. The smallest absolute Gasteiger partial charge is 0.162 e. The first kappa shape index (κ1) is 14.4. The van der Waals surface area contributed by atoms with Crippen LogP contribution in [0.4, 0.5) is 0 Å². The van der Waals surface area contributed by atoms with Crippen molar-refractivity contribution in [3.05, 3.63) is 40.1 Å². The van der Waals surface area contributed by atoms with Crippen LogP contribution in [0.1, 0.15) is 26.3 Å². The van der Waals surface area contributed by atoms with Gasteiger partial charge in [0.25, 0.3) is 0 Å².